The Morgan fingerprint density at radius 2 is 1.89 bits per heavy atom. The van der Waals surface area contributed by atoms with Gasteiger partial charge in [0.1, 0.15) is 16.1 Å². The smallest absolute Gasteiger partial charge is 0.263 e. The number of thiophene rings is 1. The molecule has 0 saturated carbocycles. The normalized spacial score (nSPS) is 22.1. The summed E-state index contributed by atoms with van der Waals surface area (Å²) in [4.78, 5) is 19.1. The van der Waals surface area contributed by atoms with Gasteiger partial charge in [-0.3, -0.25) is 4.79 Å². The molecule has 2 atom stereocenters. The first-order valence-corrected chi connectivity index (χ1v) is 15.9. The van der Waals surface area contributed by atoms with E-state index in [9.17, 15) is 26.0 Å². The molecule has 2 unspecified atom stereocenters. The highest BCUT2D eigenvalue weighted by atomic mass is 32.2. The molecule has 10 nitrogen and oxygen atoms in total. The Kier molecular flexibility index (Phi) is 8.99. The van der Waals surface area contributed by atoms with Crippen molar-refractivity contribution in [3.63, 3.8) is 0 Å². The van der Waals surface area contributed by atoms with Crippen molar-refractivity contribution < 1.29 is 35.6 Å². The van der Waals surface area contributed by atoms with Crippen molar-refractivity contribution in [1.82, 2.24) is 14.1 Å². The van der Waals surface area contributed by atoms with Gasteiger partial charge in [0, 0.05) is 37.5 Å². The van der Waals surface area contributed by atoms with Gasteiger partial charge in [0.05, 0.1) is 5.75 Å². The standard InChI is InChI=1S/C23H30FN3O7S3/c1-2-15-36(29,30)26-12-13-27(19(16-26)23(28)25-34-21-5-3-4-14-33-21)37(31,32)22-11-10-20(35-22)17-6-8-18(24)9-7-17/h6-11,19,21H,2-5,12-16H2,1H3,(H,25,28). The van der Waals surface area contributed by atoms with Gasteiger partial charge in [-0.25, -0.2) is 31.5 Å². The zero-order valence-electron chi connectivity index (χ0n) is 20.3. The van der Waals surface area contributed by atoms with Crippen LogP contribution in [0.25, 0.3) is 10.4 Å². The number of hydroxylamine groups is 1. The molecule has 0 spiro atoms. The summed E-state index contributed by atoms with van der Waals surface area (Å²) < 4.78 is 73.7. The largest absolute Gasteiger partial charge is 0.350 e. The SMILES string of the molecule is CCCS(=O)(=O)N1CCN(S(=O)(=O)c2ccc(-c3ccc(F)cc3)s2)C(C(=O)NOC2CCCCO2)C1. The van der Waals surface area contributed by atoms with Crippen LogP contribution in [-0.4, -0.2) is 75.7 Å². The molecule has 4 rings (SSSR count). The van der Waals surface area contributed by atoms with Crippen molar-refractivity contribution >= 4 is 37.3 Å². The van der Waals surface area contributed by atoms with Gasteiger partial charge < -0.3 is 4.74 Å². The van der Waals surface area contributed by atoms with Gasteiger partial charge in [0.25, 0.3) is 15.9 Å². The molecule has 0 radical (unpaired) electrons. The summed E-state index contributed by atoms with van der Waals surface area (Å²) in [5, 5.41) is 0. The van der Waals surface area contributed by atoms with Gasteiger partial charge in [0.15, 0.2) is 6.29 Å². The Bertz CT molecular complexity index is 1290. The minimum atomic E-state index is -4.17. The molecule has 37 heavy (non-hydrogen) atoms. The number of amides is 1. The summed E-state index contributed by atoms with van der Waals surface area (Å²) >= 11 is 0.990. The van der Waals surface area contributed by atoms with Crippen LogP contribution < -0.4 is 5.48 Å². The number of ether oxygens (including phenoxy) is 1. The van der Waals surface area contributed by atoms with Crippen molar-refractivity contribution in [2.45, 2.75) is 49.1 Å². The lowest BCUT2D eigenvalue weighted by atomic mass is 10.2. The Morgan fingerprint density at radius 1 is 1.14 bits per heavy atom. The van der Waals surface area contributed by atoms with Gasteiger partial charge in [-0.1, -0.05) is 19.1 Å². The van der Waals surface area contributed by atoms with Gasteiger partial charge >= 0.3 is 0 Å². The fraction of sp³-hybridized carbons (Fsp3) is 0.522. The number of carbonyl (C=O) groups is 1. The van der Waals surface area contributed by atoms with E-state index in [1.165, 1.54) is 18.2 Å². The van der Waals surface area contributed by atoms with Crippen LogP contribution in [-0.2, 0) is 34.4 Å². The maximum Gasteiger partial charge on any atom is 0.263 e. The van der Waals surface area contributed by atoms with Crippen LogP contribution in [0.2, 0.25) is 0 Å². The average Bonchev–Trinajstić information content (AvgIpc) is 3.39. The van der Waals surface area contributed by atoms with Crippen LogP contribution in [0.4, 0.5) is 4.39 Å². The highest BCUT2D eigenvalue weighted by Gasteiger charge is 2.43. The number of carbonyl (C=O) groups excluding carboxylic acids is 1. The first-order chi connectivity index (χ1) is 17.6. The van der Waals surface area contributed by atoms with Crippen LogP contribution >= 0.6 is 11.3 Å². The quantitative estimate of drug-likeness (QED) is 0.456. The number of benzene rings is 1. The van der Waals surface area contributed by atoms with Crippen molar-refractivity contribution in [3.8, 4) is 10.4 Å². The van der Waals surface area contributed by atoms with Crippen LogP contribution in [0, 0.1) is 5.82 Å². The summed E-state index contributed by atoms with van der Waals surface area (Å²) in [6, 6.07) is 7.38. The Morgan fingerprint density at radius 3 is 2.57 bits per heavy atom. The Balaban J connectivity index is 1.58. The third kappa shape index (κ3) is 6.56. The first-order valence-electron chi connectivity index (χ1n) is 12.0. The van der Waals surface area contributed by atoms with E-state index in [4.69, 9.17) is 9.57 Å². The number of piperazine rings is 1. The molecule has 3 heterocycles. The molecule has 2 aromatic rings. The summed E-state index contributed by atoms with van der Waals surface area (Å²) in [6.07, 6.45) is 2.06. The molecule has 0 bridgehead atoms. The van der Waals surface area contributed by atoms with Gasteiger partial charge in [0.2, 0.25) is 10.0 Å². The maximum absolute atomic E-state index is 13.7. The molecule has 14 heteroatoms. The van der Waals surface area contributed by atoms with E-state index in [-0.39, 0.29) is 29.6 Å². The number of rotatable bonds is 9. The summed E-state index contributed by atoms with van der Waals surface area (Å²) in [5.41, 5.74) is 2.94. The van der Waals surface area contributed by atoms with E-state index in [1.54, 1.807) is 25.1 Å². The van der Waals surface area contributed by atoms with Crippen LogP contribution in [0.3, 0.4) is 0 Å². The Hall–Kier alpha value is -1.94. The zero-order valence-corrected chi connectivity index (χ0v) is 22.8. The molecule has 2 fully saturated rings. The lowest BCUT2D eigenvalue weighted by Crippen LogP contribution is -2.61. The van der Waals surface area contributed by atoms with E-state index in [0.717, 1.165) is 32.8 Å². The minimum Gasteiger partial charge on any atom is -0.350 e. The number of hydrogen-bond acceptors (Lipinski definition) is 8. The predicted molar refractivity (Wildman–Crippen MR) is 136 cm³/mol. The topological polar surface area (TPSA) is 122 Å². The summed E-state index contributed by atoms with van der Waals surface area (Å²) in [6.45, 7) is 1.61. The fourth-order valence-corrected chi connectivity index (χ4v) is 8.74. The van der Waals surface area contributed by atoms with Crippen LogP contribution in [0.15, 0.2) is 40.6 Å². The fourth-order valence-electron chi connectivity index (χ4n) is 4.22. The second kappa shape index (κ2) is 11.8. The molecule has 2 saturated heterocycles. The number of hydrogen-bond donors (Lipinski definition) is 1. The van der Waals surface area contributed by atoms with Gasteiger partial charge in [-0.2, -0.15) is 8.61 Å². The molecule has 2 aliphatic heterocycles. The van der Waals surface area contributed by atoms with E-state index < -0.39 is 44.1 Å². The molecular weight excluding hydrogens is 545 g/mol. The highest BCUT2D eigenvalue weighted by Crippen LogP contribution is 2.34. The lowest BCUT2D eigenvalue weighted by Gasteiger charge is -2.38. The molecular formula is C23H30FN3O7S3. The Labute approximate surface area is 220 Å². The van der Waals surface area contributed by atoms with Crippen molar-refractivity contribution in [2.75, 3.05) is 32.0 Å². The van der Waals surface area contributed by atoms with E-state index in [0.29, 0.717) is 29.9 Å². The molecule has 204 valence electrons. The zero-order chi connectivity index (χ0) is 26.6. The highest BCUT2D eigenvalue weighted by molar-refractivity contribution is 7.91. The van der Waals surface area contributed by atoms with E-state index >= 15 is 0 Å². The molecule has 1 N–H and O–H groups in total. The van der Waals surface area contributed by atoms with Gasteiger partial charge in [-0.05, 0) is 49.1 Å². The average molecular weight is 576 g/mol. The van der Waals surface area contributed by atoms with Crippen molar-refractivity contribution in [1.29, 1.82) is 0 Å². The van der Waals surface area contributed by atoms with Crippen LogP contribution in [0.5, 0.6) is 0 Å². The third-order valence-electron chi connectivity index (χ3n) is 6.15. The number of nitrogens with one attached hydrogen (secondary N) is 1. The minimum absolute atomic E-state index is 0.00831. The third-order valence-corrected chi connectivity index (χ3v) is 11.7. The molecule has 0 aliphatic carbocycles. The second-order valence-corrected chi connectivity index (χ2v) is 14.1. The number of halogens is 1. The number of nitrogens with zero attached hydrogens (tertiary/aromatic N) is 2. The van der Waals surface area contributed by atoms with Crippen LogP contribution in [0.1, 0.15) is 32.6 Å². The molecule has 1 aromatic heterocycles. The van der Waals surface area contributed by atoms with E-state index in [2.05, 4.69) is 5.48 Å². The van der Waals surface area contributed by atoms with Crippen molar-refractivity contribution in [2.24, 2.45) is 0 Å². The summed E-state index contributed by atoms with van der Waals surface area (Å²) in [7, 11) is -7.83. The number of sulfonamides is 2. The van der Waals surface area contributed by atoms with E-state index in [1.807, 2.05) is 0 Å². The first kappa shape index (κ1) is 28.1. The monoisotopic (exact) mass is 575 g/mol. The molecule has 2 aliphatic rings. The van der Waals surface area contributed by atoms with Gasteiger partial charge in [-0.15, -0.1) is 11.3 Å². The lowest BCUT2D eigenvalue weighted by molar-refractivity contribution is -0.202. The second-order valence-electron chi connectivity index (χ2n) is 8.81. The molecule has 1 aromatic carbocycles. The summed E-state index contributed by atoms with van der Waals surface area (Å²) in [5.74, 6) is -1.28. The predicted octanol–water partition coefficient (Wildman–Crippen LogP) is 2.54. The molecule has 1 amide bonds. The van der Waals surface area contributed by atoms with Crippen molar-refractivity contribution in [3.05, 3.63) is 42.2 Å². The maximum atomic E-state index is 13.7.